The Hall–Kier alpha value is -1.88. The highest BCUT2D eigenvalue weighted by Gasteiger charge is 2.20. The number of rotatable bonds is 3. The van der Waals surface area contributed by atoms with Gasteiger partial charge in [-0.3, -0.25) is 4.79 Å². The highest BCUT2D eigenvalue weighted by molar-refractivity contribution is 6.32. The maximum atomic E-state index is 12.1. The second kappa shape index (κ2) is 5.63. The van der Waals surface area contributed by atoms with Gasteiger partial charge in [0.25, 0.3) is 5.91 Å². The molecule has 0 spiro atoms. The third-order valence-corrected chi connectivity index (χ3v) is 3.84. The summed E-state index contributed by atoms with van der Waals surface area (Å²) in [5, 5.41) is 11.4. The number of benzene rings is 1. The van der Waals surface area contributed by atoms with Crippen molar-refractivity contribution in [2.24, 2.45) is 0 Å². The molecular formula is C14H15ClN4O. The van der Waals surface area contributed by atoms with Crippen molar-refractivity contribution in [2.75, 3.05) is 0 Å². The number of halogens is 1. The van der Waals surface area contributed by atoms with Crippen LogP contribution in [0.4, 0.5) is 0 Å². The average molecular weight is 291 g/mol. The minimum atomic E-state index is -0.171. The summed E-state index contributed by atoms with van der Waals surface area (Å²) in [5.74, 6) is -0.171. The molecule has 5 nitrogen and oxygen atoms in total. The monoisotopic (exact) mass is 290 g/mol. The van der Waals surface area contributed by atoms with Crippen LogP contribution in [-0.2, 0) is 0 Å². The highest BCUT2D eigenvalue weighted by atomic mass is 35.5. The van der Waals surface area contributed by atoms with Crippen LogP contribution in [0.2, 0.25) is 5.02 Å². The van der Waals surface area contributed by atoms with E-state index in [0.29, 0.717) is 16.4 Å². The molecule has 0 aliphatic heterocycles. The Morgan fingerprint density at radius 1 is 1.30 bits per heavy atom. The largest absolute Gasteiger partial charge is 0.348 e. The lowest BCUT2D eigenvalue weighted by atomic mass is 10.2. The lowest BCUT2D eigenvalue weighted by Crippen LogP contribution is -2.32. The lowest BCUT2D eigenvalue weighted by Gasteiger charge is -2.09. The van der Waals surface area contributed by atoms with E-state index < -0.39 is 0 Å². The fourth-order valence-electron chi connectivity index (χ4n) is 2.45. The molecule has 0 bridgehead atoms. The van der Waals surface area contributed by atoms with Gasteiger partial charge in [-0.25, -0.2) is 4.68 Å². The maximum absolute atomic E-state index is 12.1. The van der Waals surface area contributed by atoms with Gasteiger partial charge in [-0.1, -0.05) is 41.8 Å². The first-order chi connectivity index (χ1) is 9.74. The third kappa shape index (κ3) is 2.67. The number of hydrogen-bond acceptors (Lipinski definition) is 3. The first-order valence-electron chi connectivity index (χ1n) is 6.72. The van der Waals surface area contributed by atoms with E-state index in [9.17, 15) is 4.79 Å². The molecule has 1 saturated carbocycles. The second-order valence-corrected chi connectivity index (χ2v) is 5.36. The molecule has 1 aliphatic rings. The summed E-state index contributed by atoms with van der Waals surface area (Å²) >= 11 is 6.10. The molecule has 1 N–H and O–H groups in total. The minimum Gasteiger partial charge on any atom is -0.348 e. The van der Waals surface area contributed by atoms with Crippen LogP contribution in [0, 0.1) is 0 Å². The van der Waals surface area contributed by atoms with Crippen LogP contribution < -0.4 is 5.32 Å². The Morgan fingerprint density at radius 2 is 2.05 bits per heavy atom. The number of nitrogens with zero attached hydrogens (tertiary/aromatic N) is 3. The molecule has 0 saturated heterocycles. The molecule has 1 aromatic carbocycles. The predicted molar refractivity (Wildman–Crippen MR) is 76.1 cm³/mol. The van der Waals surface area contributed by atoms with Crippen molar-refractivity contribution < 1.29 is 4.79 Å². The van der Waals surface area contributed by atoms with Crippen molar-refractivity contribution in [3.8, 4) is 5.69 Å². The van der Waals surface area contributed by atoms with E-state index >= 15 is 0 Å². The van der Waals surface area contributed by atoms with Gasteiger partial charge in [0.2, 0.25) is 0 Å². The van der Waals surface area contributed by atoms with Crippen molar-refractivity contribution in [1.82, 2.24) is 20.3 Å². The molecule has 2 aromatic rings. The van der Waals surface area contributed by atoms with Gasteiger partial charge in [0.15, 0.2) is 5.69 Å². The van der Waals surface area contributed by atoms with Gasteiger partial charge in [0, 0.05) is 6.04 Å². The van der Waals surface area contributed by atoms with E-state index in [4.69, 9.17) is 11.6 Å². The number of carbonyl (C=O) groups excluding carboxylic acids is 1. The van der Waals surface area contributed by atoms with E-state index in [1.165, 1.54) is 17.5 Å². The van der Waals surface area contributed by atoms with Crippen molar-refractivity contribution in [2.45, 2.75) is 31.7 Å². The normalized spacial score (nSPS) is 15.4. The predicted octanol–water partition coefficient (Wildman–Crippen LogP) is 2.59. The maximum Gasteiger partial charge on any atom is 0.273 e. The van der Waals surface area contributed by atoms with Crippen molar-refractivity contribution in [3.63, 3.8) is 0 Å². The Morgan fingerprint density at radius 3 is 2.80 bits per heavy atom. The Balaban J connectivity index is 1.76. The van der Waals surface area contributed by atoms with Gasteiger partial charge in [-0.05, 0) is 25.0 Å². The van der Waals surface area contributed by atoms with Crippen LogP contribution in [-0.4, -0.2) is 26.9 Å². The molecule has 1 heterocycles. The van der Waals surface area contributed by atoms with Gasteiger partial charge in [0.1, 0.15) is 0 Å². The van der Waals surface area contributed by atoms with Gasteiger partial charge in [-0.15, -0.1) is 5.10 Å². The van der Waals surface area contributed by atoms with Crippen molar-refractivity contribution in [3.05, 3.63) is 41.2 Å². The number of aromatic nitrogens is 3. The fraction of sp³-hybridized carbons (Fsp3) is 0.357. The SMILES string of the molecule is O=C(NC1CCCC1)c1cn(-c2ccccc2Cl)nn1. The molecule has 1 aliphatic carbocycles. The summed E-state index contributed by atoms with van der Waals surface area (Å²) in [6.45, 7) is 0. The standard InChI is InChI=1S/C14H15ClN4O/c15-11-7-3-4-8-13(11)19-9-12(17-18-19)14(20)16-10-5-1-2-6-10/h3-4,7-10H,1-2,5-6H2,(H,16,20). The molecule has 1 fully saturated rings. The zero-order valence-electron chi connectivity index (χ0n) is 10.9. The van der Waals surface area contributed by atoms with Crippen LogP contribution in [0.15, 0.2) is 30.5 Å². The average Bonchev–Trinajstić information content (AvgIpc) is 3.10. The van der Waals surface area contributed by atoms with Crippen molar-refractivity contribution in [1.29, 1.82) is 0 Å². The van der Waals surface area contributed by atoms with Crippen LogP contribution in [0.1, 0.15) is 36.2 Å². The van der Waals surface area contributed by atoms with Gasteiger partial charge >= 0.3 is 0 Å². The van der Waals surface area contributed by atoms with E-state index in [2.05, 4.69) is 15.6 Å². The number of carbonyl (C=O) groups is 1. The zero-order chi connectivity index (χ0) is 13.9. The molecule has 0 unspecified atom stereocenters. The first kappa shape index (κ1) is 13.1. The van der Waals surface area contributed by atoms with E-state index in [1.54, 1.807) is 12.3 Å². The summed E-state index contributed by atoms with van der Waals surface area (Å²) in [5.41, 5.74) is 1.03. The number of amides is 1. The van der Waals surface area contributed by atoms with Crippen LogP contribution in [0.3, 0.4) is 0 Å². The summed E-state index contributed by atoms with van der Waals surface area (Å²) in [6.07, 6.45) is 6.05. The lowest BCUT2D eigenvalue weighted by molar-refractivity contribution is 0.0932. The molecule has 1 amide bonds. The Labute approximate surface area is 121 Å². The number of para-hydroxylation sites is 1. The van der Waals surface area contributed by atoms with Crippen molar-refractivity contribution >= 4 is 17.5 Å². The van der Waals surface area contributed by atoms with Gasteiger partial charge < -0.3 is 5.32 Å². The number of hydrogen-bond donors (Lipinski definition) is 1. The summed E-state index contributed by atoms with van der Waals surface area (Å²) < 4.78 is 1.52. The van der Waals surface area contributed by atoms with E-state index in [1.807, 2.05) is 18.2 Å². The second-order valence-electron chi connectivity index (χ2n) is 4.95. The Bertz CT molecular complexity index is 619. The molecule has 3 rings (SSSR count). The highest BCUT2D eigenvalue weighted by Crippen LogP contribution is 2.20. The molecule has 0 atom stereocenters. The fourth-order valence-corrected chi connectivity index (χ4v) is 2.67. The van der Waals surface area contributed by atoms with Crippen LogP contribution >= 0.6 is 11.6 Å². The summed E-state index contributed by atoms with van der Waals surface area (Å²) in [4.78, 5) is 12.1. The summed E-state index contributed by atoms with van der Waals surface area (Å²) in [6, 6.07) is 7.58. The smallest absolute Gasteiger partial charge is 0.273 e. The minimum absolute atomic E-state index is 0.171. The summed E-state index contributed by atoms with van der Waals surface area (Å²) in [7, 11) is 0. The van der Waals surface area contributed by atoms with E-state index in [-0.39, 0.29) is 11.9 Å². The topological polar surface area (TPSA) is 59.8 Å². The zero-order valence-corrected chi connectivity index (χ0v) is 11.7. The molecule has 1 aromatic heterocycles. The molecule has 0 radical (unpaired) electrons. The van der Waals surface area contributed by atoms with Crippen LogP contribution in [0.25, 0.3) is 5.69 Å². The molecule has 6 heteroatoms. The quantitative estimate of drug-likeness (QED) is 0.945. The molecule has 20 heavy (non-hydrogen) atoms. The molecule has 104 valence electrons. The number of nitrogens with one attached hydrogen (secondary N) is 1. The Kier molecular flexibility index (Phi) is 3.69. The molecular weight excluding hydrogens is 276 g/mol. The van der Waals surface area contributed by atoms with E-state index in [0.717, 1.165) is 12.8 Å². The van der Waals surface area contributed by atoms with Crippen LogP contribution in [0.5, 0.6) is 0 Å². The third-order valence-electron chi connectivity index (χ3n) is 3.52. The van der Waals surface area contributed by atoms with Gasteiger partial charge in [0.05, 0.1) is 16.9 Å². The first-order valence-corrected chi connectivity index (χ1v) is 7.10. The van der Waals surface area contributed by atoms with Gasteiger partial charge in [-0.2, -0.15) is 0 Å².